The molecular formula is C13H20FN3O+2. The summed E-state index contributed by atoms with van der Waals surface area (Å²) in [5.74, 6) is -0.376. The summed E-state index contributed by atoms with van der Waals surface area (Å²) in [5.41, 5.74) is 0.527. The molecule has 3 N–H and O–H groups in total. The van der Waals surface area contributed by atoms with E-state index in [9.17, 15) is 9.18 Å². The fourth-order valence-electron chi connectivity index (χ4n) is 2.21. The van der Waals surface area contributed by atoms with Gasteiger partial charge in [-0.05, 0) is 18.2 Å². The van der Waals surface area contributed by atoms with Crippen LogP contribution in [-0.4, -0.2) is 45.7 Å². The predicted molar refractivity (Wildman–Crippen MR) is 67.2 cm³/mol. The Morgan fingerprint density at radius 3 is 2.72 bits per heavy atom. The summed E-state index contributed by atoms with van der Waals surface area (Å²) < 4.78 is 13.0. The number of benzene rings is 1. The molecule has 1 aliphatic rings. The molecule has 1 aliphatic heterocycles. The molecule has 0 aromatic heterocycles. The van der Waals surface area contributed by atoms with Crippen molar-refractivity contribution in [3.8, 4) is 0 Å². The largest absolute Gasteiger partial charge is 0.328 e. The van der Waals surface area contributed by atoms with Crippen molar-refractivity contribution < 1.29 is 19.0 Å². The van der Waals surface area contributed by atoms with Crippen LogP contribution in [0.1, 0.15) is 0 Å². The SMILES string of the molecule is C[NH+]1CC[NH+](CC(=O)Nc2cccc(F)c2)CC1. The number of halogens is 1. The number of hydrogen-bond donors (Lipinski definition) is 3. The third kappa shape index (κ3) is 3.78. The molecule has 98 valence electrons. The first-order valence-electron chi connectivity index (χ1n) is 6.34. The minimum absolute atomic E-state index is 0.0462. The van der Waals surface area contributed by atoms with Gasteiger partial charge in [-0.1, -0.05) is 6.07 Å². The van der Waals surface area contributed by atoms with Crippen molar-refractivity contribution >= 4 is 11.6 Å². The van der Waals surface area contributed by atoms with Gasteiger partial charge in [0.05, 0.1) is 7.05 Å². The van der Waals surface area contributed by atoms with E-state index in [-0.39, 0.29) is 11.7 Å². The van der Waals surface area contributed by atoms with Crippen molar-refractivity contribution in [1.82, 2.24) is 0 Å². The number of quaternary nitrogens is 2. The van der Waals surface area contributed by atoms with E-state index >= 15 is 0 Å². The molecule has 18 heavy (non-hydrogen) atoms. The monoisotopic (exact) mass is 253 g/mol. The van der Waals surface area contributed by atoms with Gasteiger partial charge < -0.3 is 15.1 Å². The molecule has 4 nitrogen and oxygen atoms in total. The van der Waals surface area contributed by atoms with E-state index in [1.807, 2.05) is 0 Å². The highest BCUT2D eigenvalue weighted by molar-refractivity contribution is 5.91. The zero-order valence-corrected chi connectivity index (χ0v) is 10.6. The molecule has 0 bridgehead atoms. The fourth-order valence-corrected chi connectivity index (χ4v) is 2.21. The standard InChI is InChI=1S/C13H18FN3O/c1-16-5-7-17(8-6-16)10-13(18)15-12-4-2-3-11(14)9-12/h2-4,9H,5-8,10H2,1H3,(H,15,18)/p+2. The molecule has 0 spiro atoms. The topological polar surface area (TPSA) is 38.0 Å². The second-order valence-corrected chi connectivity index (χ2v) is 4.94. The Hall–Kier alpha value is -1.46. The average Bonchev–Trinajstić information content (AvgIpc) is 2.32. The number of piperazine rings is 1. The molecule has 0 aliphatic carbocycles. The second-order valence-electron chi connectivity index (χ2n) is 4.94. The number of likely N-dealkylation sites (N-methyl/N-ethyl adjacent to an activating group) is 1. The van der Waals surface area contributed by atoms with E-state index < -0.39 is 0 Å². The Kier molecular flexibility index (Phi) is 4.28. The minimum atomic E-state index is -0.330. The van der Waals surface area contributed by atoms with Crippen molar-refractivity contribution in [3.63, 3.8) is 0 Å². The highest BCUT2D eigenvalue weighted by atomic mass is 19.1. The van der Waals surface area contributed by atoms with Crippen LogP contribution < -0.4 is 15.1 Å². The van der Waals surface area contributed by atoms with Crippen LogP contribution in [0.2, 0.25) is 0 Å². The van der Waals surface area contributed by atoms with Crippen LogP contribution >= 0.6 is 0 Å². The van der Waals surface area contributed by atoms with Crippen LogP contribution in [0.25, 0.3) is 0 Å². The van der Waals surface area contributed by atoms with E-state index in [0.29, 0.717) is 12.2 Å². The van der Waals surface area contributed by atoms with Crippen LogP contribution in [-0.2, 0) is 4.79 Å². The van der Waals surface area contributed by atoms with Crippen molar-refractivity contribution in [1.29, 1.82) is 0 Å². The Morgan fingerprint density at radius 2 is 2.06 bits per heavy atom. The van der Waals surface area contributed by atoms with Gasteiger partial charge in [0.25, 0.3) is 5.91 Å². The molecule has 1 aromatic carbocycles. The number of amides is 1. The van der Waals surface area contributed by atoms with E-state index in [4.69, 9.17) is 0 Å². The molecule has 5 heteroatoms. The number of rotatable bonds is 3. The first kappa shape index (κ1) is 13.0. The Bertz CT molecular complexity index is 416. The lowest BCUT2D eigenvalue weighted by Crippen LogP contribution is -3.27. The predicted octanol–water partition coefficient (Wildman–Crippen LogP) is -1.82. The van der Waals surface area contributed by atoms with Gasteiger partial charge in [0.1, 0.15) is 32.0 Å². The summed E-state index contributed by atoms with van der Waals surface area (Å²) in [5, 5.41) is 2.73. The number of anilines is 1. The summed E-state index contributed by atoms with van der Waals surface area (Å²) in [7, 11) is 2.17. The highest BCUT2D eigenvalue weighted by Gasteiger charge is 2.22. The van der Waals surface area contributed by atoms with Gasteiger partial charge in [-0.15, -0.1) is 0 Å². The van der Waals surface area contributed by atoms with Gasteiger partial charge in [-0.3, -0.25) is 4.79 Å². The van der Waals surface area contributed by atoms with Crippen LogP contribution in [0, 0.1) is 5.82 Å². The van der Waals surface area contributed by atoms with Crippen molar-refractivity contribution in [3.05, 3.63) is 30.1 Å². The van der Waals surface area contributed by atoms with Gasteiger partial charge in [-0.2, -0.15) is 0 Å². The zero-order valence-electron chi connectivity index (χ0n) is 10.6. The minimum Gasteiger partial charge on any atom is -0.328 e. The summed E-state index contributed by atoms with van der Waals surface area (Å²) in [6, 6.07) is 5.99. The number of carbonyl (C=O) groups excluding carboxylic acids is 1. The first-order chi connectivity index (χ1) is 8.63. The first-order valence-corrected chi connectivity index (χ1v) is 6.34. The van der Waals surface area contributed by atoms with Crippen molar-refractivity contribution in [2.75, 3.05) is 45.1 Å². The summed E-state index contributed by atoms with van der Waals surface area (Å²) in [4.78, 5) is 14.6. The third-order valence-corrected chi connectivity index (χ3v) is 3.33. The summed E-state index contributed by atoms with van der Waals surface area (Å²) >= 11 is 0. The van der Waals surface area contributed by atoms with Gasteiger partial charge >= 0.3 is 0 Å². The van der Waals surface area contributed by atoms with Gasteiger partial charge in [0.15, 0.2) is 6.54 Å². The van der Waals surface area contributed by atoms with Gasteiger partial charge in [-0.25, -0.2) is 4.39 Å². The van der Waals surface area contributed by atoms with Crippen molar-refractivity contribution in [2.24, 2.45) is 0 Å². The van der Waals surface area contributed by atoms with Crippen LogP contribution in [0.3, 0.4) is 0 Å². The van der Waals surface area contributed by atoms with Crippen LogP contribution in [0.15, 0.2) is 24.3 Å². The Morgan fingerprint density at radius 1 is 1.33 bits per heavy atom. The van der Waals surface area contributed by atoms with E-state index in [1.165, 1.54) is 21.9 Å². The van der Waals surface area contributed by atoms with Crippen molar-refractivity contribution in [2.45, 2.75) is 0 Å². The smallest absolute Gasteiger partial charge is 0.279 e. The Balaban J connectivity index is 1.82. The van der Waals surface area contributed by atoms with E-state index in [2.05, 4.69) is 12.4 Å². The Labute approximate surface area is 106 Å². The van der Waals surface area contributed by atoms with E-state index in [1.54, 1.807) is 12.1 Å². The number of carbonyl (C=O) groups is 1. The van der Waals surface area contributed by atoms with E-state index in [0.717, 1.165) is 26.2 Å². The summed E-state index contributed by atoms with van der Waals surface area (Å²) in [6.07, 6.45) is 0. The maximum Gasteiger partial charge on any atom is 0.279 e. The lowest BCUT2D eigenvalue weighted by molar-refractivity contribution is -0.999. The van der Waals surface area contributed by atoms with Gasteiger partial charge in [0.2, 0.25) is 0 Å². The molecule has 1 heterocycles. The molecule has 1 fully saturated rings. The maximum absolute atomic E-state index is 13.0. The quantitative estimate of drug-likeness (QED) is 0.583. The molecule has 1 amide bonds. The molecular weight excluding hydrogens is 233 g/mol. The number of nitrogens with one attached hydrogen (secondary N) is 3. The third-order valence-electron chi connectivity index (χ3n) is 3.33. The molecule has 0 unspecified atom stereocenters. The molecule has 1 saturated heterocycles. The molecule has 0 atom stereocenters. The average molecular weight is 253 g/mol. The normalized spacial score (nSPS) is 23.7. The highest BCUT2D eigenvalue weighted by Crippen LogP contribution is 2.08. The molecule has 1 aromatic rings. The maximum atomic E-state index is 13.0. The summed E-state index contributed by atoms with van der Waals surface area (Å²) in [6.45, 7) is 4.69. The molecule has 0 saturated carbocycles. The second kappa shape index (κ2) is 5.93. The zero-order chi connectivity index (χ0) is 13.0. The molecule has 0 radical (unpaired) electrons. The fraction of sp³-hybridized carbons (Fsp3) is 0.462. The lowest BCUT2D eigenvalue weighted by Gasteiger charge is -2.26. The van der Waals surface area contributed by atoms with Crippen LogP contribution in [0.4, 0.5) is 10.1 Å². The number of hydrogen-bond acceptors (Lipinski definition) is 1. The molecule has 2 rings (SSSR count). The van der Waals surface area contributed by atoms with Crippen LogP contribution in [0.5, 0.6) is 0 Å². The van der Waals surface area contributed by atoms with Gasteiger partial charge in [0, 0.05) is 5.69 Å². The lowest BCUT2D eigenvalue weighted by atomic mass is 10.3.